The van der Waals surface area contributed by atoms with Gasteiger partial charge in [0.15, 0.2) is 0 Å². The van der Waals surface area contributed by atoms with Gasteiger partial charge in [-0.1, -0.05) is 24.3 Å². The van der Waals surface area contributed by atoms with Crippen molar-refractivity contribution in [1.29, 1.82) is 0 Å². The van der Waals surface area contributed by atoms with Crippen LogP contribution in [0.25, 0.3) is 5.52 Å². The summed E-state index contributed by atoms with van der Waals surface area (Å²) in [4.78, 5) is 19.1. The topological polar surface area (TPSA) is 49.6 Å². The number of imidazole rings is 1. The Morgan fingerprint density at radius 2 is 2.07 bits per heavy atom. The molecule has 1 aliphatic heterocycles. The molecule has 0 saturated carbocycles. The minimum absolute atomic E-state index is 0.0182. The number of carbonyl (C=O) groups excluding carboxylic acids is 1. The van der Waals surface area contributed by atoms with E-state index in [0.29, 0.717) is 25.1 Å². The lowest BCUT2D eigenvalue weighted by Crippen LogP contribution is -2.43. The minimum Gasteiger partial charge on any atom is -0.354 e. The lowest BCUT2D eigenvalue weighted by Gasteiger charge is -2.23. The van der Waals surface area contributed by atoms with Crippen molar-refractivity contribution in [3.8, 4) is 0 Å². The van der Waals surface area contributed by atoms with Crippen molar-refractivity contribution < 1.29 is 9.18 Å². The Bertz CT molecular complexity index is 939. The van der Waals surface area contributed by atoms with Gasteiger partial charge in [-0.3, -0.25) is 9.69 Å². The molecule has 1 aliphatic rings. The molecule has 3 aromatic rings. The molecule has 1 fully saturated rings. The number of amides is 1. The Labute approximate surface area is 157 Å². The minimum atomic E-state index is -0.213. The van der Waals surface area contributed by atoms with Crippen molar-refractivity contribution in [3.63, 3.8) is 0 Å². The molecule has 3 heterocycles. The lowest BCUT2D eigenvalue weighted by molar-refractivity contribution is -0.125. The predicted octanol–water partition coefficient (Wildman–Crippen LogP) is 2.80. The second-order valence-corrected chi connectivity index (χ2v) is 6.93. The predicted molar refractivity (Wildman–Crippen MR) is 102 cm³/mol. The van der Waals surface area contributed by atoms with Gasteiger partial charge in [-0.2, -0.15) is 0 Å². The molecule has 1 saturated heterocycles. The van der Waals surface area contributed by atoms with E-state index < -0.39 is 0 Å². The maximum absolute atomic E-state index is 13.9. The molecule has 6 heteroatoms. The molecule has 27 heavy (non-hydrogen) atoms. The summed E-state index contributed by atoms with van der Waals surface area (Å²) in [5.74, 6) is 0.736. The second-order valence-electron chi connectivity index (χ2n) is 6.93. The molecule has 0 aliphatic carbocycles. The van der Waals surface area contributed by atoms with Crippen LogP contribution < -0.4 is 5.32 Å². The molecular weight excluding hydrogens is 343 g/mol. The number of benzene rings is 1. The van der Waals surface area contributed by atoms with E-state index in [4.69, 9.17) is 0 Å². The van der Waals surface area contributed by atoms with Crippen molar-refractivity contribution >= 4 is 11.4 Å². The number of likely N-dealkylation sites (tertiary alicyclic amines) is 1. The Kier molecular flexibility index (Phi) is 5.16. The van der Waals surface area contributed by atoms with Crippen LogP contribution in [0.15, 0.2) is 54.9 Å². The summed E-state index contributed by atoms with van der Waals surface area (Å²) < 4.78 is 16.0. The summed E-state index contributed by atoms with van der Waals surface area (Å²) in [6.45, 7) is 1.82. The van der Waals surface area contributed by atoms with Crippen LogP contribution in [0, 0.1) is 5.82 Å². The van der Waals surface area contributed by atoms with E-state index in [1.165, 1.54) is 6.07 Å². The van der Waals surface area contributed by atoms with E-state index in [1.807, 2.05) is 41.1 Å². The van der Waals surface area contributed by atoms with Crippen LogP contribution in [-0.4, -0.2) is 39.3 Å². The van der Waals surface area contributed by atoms with Crippen molar-refractivity contribution in [2.24, 2.45) is 0 Å². The summed E-state index contributed by atoms with van der Waals surface area (Å²) in [6, 6.07) is 12.5. The number of halogens is 1. The third kappa shape index (κ3) is 3.85. The third-order valence-electron chi connectivity index (χ3n) is 5.16. The number of fused-ring (bicyclic) bond motifs is 1. The first kappa shape index (κ1) is 17.7. The normalized spacial score (nSPS) is 17.4. The van der Waals surface area contributed by atoms with E-state index in [-0.39, 0.29) is 17.8 Å². The summed E-state index contributed by atoms with van der Waals surface area (Å²) in [6.07, 6.45) is 6.25. The largest absolute Gasteiger partial charge is 0.354 e. The highest BCUT2D eigenvalue weighted by Gasteiger charge is 2.30. The van der Waals surface area contributed by atoms with Gasteiger partial charge in [0, 0.05) is 31.3 Å². The summed E-state index contributed by atoms with van der Waals surface area (Å²) in [5, 5.41) is 3.03. The van der Waals surface area contributed by atoms with Gasteiger partial charge in [-0.15, -0.1) is 0 Å². The van der Waals surface area contributed by atoms with Crippen LogP contribution >= 0.6 is 0 Å². The quantitative estimate of drug-likeness (QED) is 0.730. The van der Waals surface area contributed by atoms with Crippen LogP contribution in [0.2, 0.25) is 0 Å². The monoisotopic (exact) mass is 366 g/mol. The maximum Gasteiger partial charge on any atom is 0.237 e. The number of carbonyl (C=O) groups is 1. The molecule has 0 bridgehead atoms. The fourth-order valence-corrected chi connectivity index (χ4v) is 3.76. The third-order valence-corrected chi connectivity index (χ3v) is 5.16. The molecule has 4 rings (SSSR count). The SMILES string of the molecule is O=C(NCCc1ncc2ccccn12)C1CCCN1Cc1ccccc1F. The van der Waals surface area contributed by atoms with Crippen molar-refractivity contribution in [3.05, 3.63) is 72.1 Å². The molecule has 0 spiro atoms. The number of nitrogens with zero attached hydrogens (tertiary/aromatic N) is 3. The van der Waals surface area contributed by atoms with Crippen LogP contribution in [0.3, 0.4) is 0 Å². The first-order valence-corrected chi connectivity index (χ1v) is 9.38. The zero-order valence-corrected chi connectivity index (χ0v) is 15.1. The number of hydrogen-bond acceptors (Lipinski definition) is 3. The molecule has 1 amide bonds. The number of aromatic nitrogens is 2. The standard InChI is InChI=1S/C21H23FN4O/c22-18-8-2-1-6-16(18)15-25-12-5-9-19(25)21(27)23-11-10-20-24-14-17-7-3-4-13-26(17)20/h1-4,6-8,13-14,19H,5,9-12,15H2,(H,23,27). The molecule has 2 aromatic heterocycles. The van der Waals surface area contributed by atoms with Crippen LogP contribution in [-0.2, 0) is 17.8 Å². The van der Waals surface area contributed by atoms with Gasteiger partial charge in [-0.25, -0.2) is 9.37 Å². The molecule has 140 valence electrons. The molecule has 1 atom stereocenters. The van der Waals surface area contributed by atoms with Gasteiger partial charge in [0.05, 0.1) is 17.8 Å². The molecular formula is C21H23FN4O. The number of rotatable bonds is 6. The van der Waals surface area contributed by atoms with Crippen molar-refractivity contribution in [2.45, 2.75) is 31.8 Å². The average molecular weight is 366 g/mol. The average Bonchev–Trinajstić information content (AvgIpc) is 3.31. The Morgan fingerprint density at radius 3 is 2.96 bits per heavy atom. The number of nitrogens with one attached hydrogen (secondary N) is 1. The maximum atomic E-state index is 13.9. The smallest absolute Gasteiger partial charge is 0.237 e. The molecule has 1 unspecified atom stereocenters. The highest BCUT2D eigenvalue weighted by molar-refractivity contribution is 5.82. The Morgan fingerprint density at radius 1 is 1.22 bits per heavy atom. The molecule has 5 nitrogen and oxygen atoms in total. The zero-order valence-electron chi connectivity index (χ0n) is 15.1. The summed E-state index contributed by atoms with van der Waals surface area (Å²) >= 11 is 0. The Balaban J connectivity index is 1.34. The van der Waals surface area contributed by atoms with Crippen LogP contribution in [0.4, 0.5) is 4.39 Å². The first-order valence-electron chi connectivity index (χ1n) is 9.38. The van der Waals surface area contributed by atoms with E-state index >= 15 is 0 Å². The zero-order chi connectivity index (χ0) is 18.6. The van der Waals surface area contributed by atoms with E-state index in [2.05, 4.69) is 15.2 Å². The second kappa shape index (κ2) is 7.88. The van der Waals surface area contributed by atoms with Crippen molar-refractivity contribution in [2.75, 3.05) is 13.1 Å². The van der Waals surface area contributed by atoms with Gasteiger partial charge in [0.1, 0.15) is 11.6 Å². The van der Waals surface area contributed by atoms with Crippen LogP contribution in [0.5, 0.6) is 0 Å². The molecule has 1 aromatic carbocycles. The van der Waals surface area contributed by atoms with Gasteiger partial charge < -0.3 is 9.72 Å². The van der Waals surface area contributed by atoms with Gasteiger partial charge in [-0.05, 0) is 37.6 Å². The van der Waals surface area contributed by atoms with E-state index in [0.717, 1.165) is 30.7 Å². The molecule has 0 radical (unpaired) electrons. The first-order chi connectivity index (χ1) is 13.2. The Hall–Kier alpha value is -2.73. The van der Waals surface area contributed by atoms with Gasteiger partial charge >= 0.3 is 0 Å². The summed E-state index contributed by atoms with van der Waals surface area (Å²) in [5.41, 5.74) is 1.69. The number of pyridine rings is 1. The number of hydrogen-bond donors (Lipinski definition) is 1. The molecule has 1 N–H and O–H groups in total. The fourth-order valence-electron chi connectivity index (χ4n) is 3.76. The van der Waals surface area contributed by atoms with Crippen molar-refractivity contribution in [1.82, 2.24) is 19.6 Å². The van der Waals surface area contributed by atoms with Gasteiger partial charge in [0.2, 0.25) is 5.91 Å². The highest BCUT2D eigenvalue weighted by Crippen LogP contribution is 2.21. The lowest BCUT2D eigenvalue weighted by atomic mass is 10.1. The fraction of sp³-hybridized carbons (Fsp3) is 0.333. The van der Waals surface area contributed by atoms with E-state index in [1.54, 1.807) is 12.1 Å². The van der Waals surface area contributed by atoms with Gasteiger partial charge in [0.25, 0.3) is 0 Å². The highest BCUT2D eigenvalue weighted by atomic mass is 19.1. The van der Waals surface area contributed by atoms with E-state index in [9.17, 15) is 9.18 Å². The summed E-state index contributed by atoms with van der Waals surface area (Å²) in [7, 11) is 0. The van der Waals surface area contributed by atoms with Crippen LogP contribution in [0.1, 0.15) is 24.2 Å².